The Bertz CT molecular complexity index is 385. The summed E-state index contributed by atoms with van der Waals surface area (Å²) >= 11 is 9.49. The number of halogens is 2. The van der Waals surface area contributed by atoms with Gasteiger partial charge in [0, 0.05) is 22.1 Å². The largest absolute Gasteiger partial charge is 0.384 e. The quantitative estimate of drug-likeness (QED) is 0.750. The molecule has 1 aliphatic heterocycles. The molecule has 1 aliphatic carbocycles. The summed E-state index contributed by atoms with van der Waals surface area (Å²) in [5.74, 6) is 0. The molecule has 1 heterocycles. The molecule has 0 saturated heterocycles. The highest BCUT2D eigenvalue weighted by Gasteiger charge is 2.49. The Morgan fingerprint density at radius 3 is 2.85 bits per heavy atom. The molecule has 68 valence electrons. The maximum Gasteiger partial charge on any atom is 0.0568 e. The summed E-state index contributed by atoms with van der Waals surface area (Å²) in [6.45, 7) is 1.09. The molecule has 3 heteroatoms. The van der Waals surface area contributed by atoms with Crippen molar-refractivity contribution in [2.75, 3.05) is 11.9 Å². The number of nitrogens with one attached hydrogen (secondary N) is 1. The van der Waals surface area contributed by atoms with Crippen LogP contribution >= 0.6 is 27.5 Å². The van der Waals surface area contributed by atoms with Crippen LogP contribution in [0, 0.1) is 0 Å². The summed E-state index contributed by atoms with van der Waals surface area (Å²) in [6.07, 6.45) is 2.64. The minimum Gasteiger partial charge on any atom is -0.384 e. The SMILES string of the molecule is Clc1cc2c(cc1Br)C1(CC1)CN2. The molecule has 1 N–H and O–H groups in total. The van der Waals surface area contributed by atoms with Gasteiger partial charge in [-0.05, 0) is 46.5 Å². The number of rotatable bonds is 0. The average molecular weight is 259 g/mol. The summed E-state index contributed by atoms with van der Waals surface area (Å²) < 4.78 is 1.02. The summed E-state index contributed by atoms with van der Waals surface area (Å²) in [5, 5.41) is 4.21. The molecule has 13 heavy (non-hydrogen) atoms. The van der Waals surface area contributed by atoms with Gasteiger partial charge < -0.3 is 5.32 Å². The van der Waals surface area contributed by atoms with Crippen LogP contribution < -0.4 is 5.32 Å². The lowest BCUT2D eigenvalue weighted by atomic mass is 9.99. The normalized spacial score (nSPS) is 21.4. The second kappa shape index (κ2) is 2.43. The lowest BCUT2D eigenvalue weighted by molar-refractivity contribution is 0.777. The second-order valence-electron chi connectivity index (χ2n) is 3.95. The van der Waals surface area contributed by atoms with E-state index in [9.17, 15) is 0 Å². The Balaban J connectivity index is 2.21. The Kier molecular flexibility index (Phi) is 1.52. The van der Waals surface area contributed by atoms with Crippen LogP contribution in [0.15, 0.2) is 16.6 Å². The van der Waals surface area contributed by atoms with Gasteiger partial charge in [0.25, 0.3) is 0 Å². The fraction of sp³-hybridized carbons (Fsp3) is 0.400. The van der Waals surface area contributed by atoms with Crippen molar-refractivity contribution in [3.8, 4) is 0 Å². The van der Waals surface area contributed by atoms with Crippen molar-refractivity contribution < 1.29 is 0 Å². The molecule has 1 aromatic carbocycles. The summed E-state index contributed by atoms with van der Waals surface area (Å²) in [7, 11) is 0. The molecule has 1 fully saturated rings. The third-order valence-corrected chi connectivity index (χ3v) is 4.30. The smallest absolute Gasteiger partial charge is 0.0568 e. The van der Waals surface area contributed by atoms with Gasteiger partial charge in [-0.2, -0.15) is 0 Å². The predicted octanol–water partition coefficient (Wildman–Crippen LogP) is 3.56. The van der Waals surface area contributed by atoms with Crippen LogP contribution in [0.25, 0.3) is 0 Å². The molecule has 3 rings (SSSR count). The molecular weight excluding hydrogens is 249 g/mol. The van der Waals surface area contributed by atoms with E-state index in [0.29, 0.717) is 5.41 Å². The van der Waals surface area contributed by atoms with Crippen LogP contribution in [0.2, 0.25) is 5.02 Å². The molecule has 0 radical (unpaired) electrons. The van der Waals surface area contributed by atoms with E-state index in [2.05, 4.69) is 27.3 Å². The van der Waals surface area contributed by atoms with Gasteiger partial charge in [-0.1, -0.05) is 11.6 Å². The van der Waals surface area contributed by atoms with Gasteiger partial charge in [-0.15, -0.1) is 0 Å². The third kappa shape index (κ3) is 1.05. The first-order valence-corrected chi connectivity index (χ1v) is 5.62. The molecule has 0 bridgehead atoms. The van der Waals surface area contributed by atoms with E-state index in [1.807, 2.05) is 6.07 Å². The van der Waals surface area contributed by atoms with E-state index in [-0.39, 0.29) is 0 Å². The van der Waals surface area contributed by atoms with Gasteiger partial charge in [0.1, 0.15) is 0 Å². The van der Waals surface area contributed by atoms with Gasteiger partial charge in [0.15, 0.2) is 0 Å². The number of fused-ring (bicyclic) bond motifs is 2. The van der Waals surface area contributed by atoms with Crippen molar-refractivity contribution in [3.63, 3.8) is 0 Å². The maximum absolute atomic E-state index is 6.02. The summed E-state index contributed by atoms with van der Waals surface area (Å²) in [6, 6.07) is 4.19. The number of hydrogen-bond acceptors (Lipinski definition) is 1. The Labute approximate surface area is 90.6 Å². The van der Waals surface area contributed by atoms with Crippen molar-refractivity contribution in [2.45, 2.75) is 18.3 Å². The fourth-order valence-corrected chi connectivity index (χ4v) is 2.60. The molecule has 0 aromatic heterocycles. The summed E-state index contributed by atoms with van der Waals surface area (Å²) in [4.78, 5) is 0. The molecule has 1 nitrogen and oxygen atoms in total. The first-order valence-electron chi connectivity index (χ1n) is 4.45. The van der Waals surface area contributed by atoms with Crippen LogP contribution in [0.1, 0.15) is 18.4 Å². The zero-order chi connectivity index (χ0) is 9.05. The van der Waals surface area contributed by atoms with Gasteiger partial charge in [-0.3, -0.25) is 0 Å². The van der Waals surface area contributed by atoms with Crippen molar-refractivity contribution in [3.05, 3.63) is 27.2 Å². The van der Waals surface area contributed by atoms with Gasteiger partial charge in [0.2, 0.25) is 0 Å². The minimum absolute atomic E-state index is 0.461. The Morgan fingerprint density at radius 1 is 1.38 bits per heavy atom. The first-order chi connectivity index (χ1) is 6.21. The molecule has 1 spiro atoms. The van der Waals surface area contributed by atoms with E-state index in [1.165, 1.54) is 24.1 Å². The van der Waals surface area contributed by atoms with Gasteiger partial charge in [0.05, 0.1) is 5.02 Å². The van der Waals surface area contributed by atoms with Crippen molar-refractivity contribution >= 4 is 33.2 Å². The van der Waals surface area contributed by atoms with Crippen molar-refractivity contribution in [2.24, 2.45) is 0 Å². The van der Waals surface area contributed by atoms with Crippen LogP contribution in [0.5, 0.6) is 0 Å². The zero-order valence-corrected chi connectivity index (χ0v) is 9.37. The number of hydrogen-bond donors (Lipinski definition) is 1. The minimum atomic E-state index is 0.461. The molecular formula is C10H9BrClN. The highest BCUT2D eigenvalue weighted by atomic mass is 79.9. The molecule has 0 unspecified atom stereocenters. The third-order valence-electron chi connectivity index (χ3n) is 3.10. The molecule has 0 amide bonds. The Morgan fingerprint density at radius 2 is 2.15 bits per heavy atom. The topological polar surface area (TPSA) is 12.0 Å². The lowest BCUT2D eigenvalue weighted by Crippen LogP contribution is -2.08. The van der Waals surface area contributed by atoms with Gasteiger partial charge >= 0.3 is 0 Å². The lowest BCUT2D eigenvalue weighted by Gasteiger charge is -2.06. The van der Waals surface area contributed by atoms with E-state index < -0.39 is 0 Å². The fourth-order valence-electron chi connectivity index (χ4n) is 2.09. The number of benzene rings is 1. The standard InChI is InChI=1S/C10H9BrClN/c11-7-3-6-9(4-8(7)12)13-5-10(6)1-2-10/h3-4,13H,1-2,5H2. The highest BCUT2D eigenvalue weighted by molar-refractivity contribution is 9.10. The van der Waals surface area contributed by atoms with E-state index in [0.717, 1.165) is 16.0 Å². The van der Waals surface area contributed by atoms with Crippen LogP contribution in [0.3, 0.4) is 0 Å². The second-order valence-corrected chi connectivity index (χ2v) is 5.21. The maximum atomic E-state index is 6.02. The first kappa shape index (κ1) is 8.13. The zero-order valence-electron chi connectivity index (χ0n) is 7.03. The molecule has 0 atom stereocenters. The monoisotopic (exact) mass is 257 g/mol. The van der Waals surface area contributed by atoms with Gasteiger partial charge in [-0.25, -0.2) is 0 Å². The van der Waals surface area contributed by atoms with Crippen LogP contribution in [-0.4, -0.2) is 6.54 Å². The predicted molar refractivity (Wildman–Crippen MR) is 58.6 cm³/mol. The Hall–Kier alpha value is -0.210. The summed E-state index contributed by atoms with van der Waals surface area (Å²) in [5.41, 5.74) is 3.14. The molecule has 1 aromatic rings. The van der Waals surface area contributed by atoms with Crippen molar-refractivity contribution in [1.29, 1.82) is 0 Å². The van der Waals surface area contributed by atoms with Crippen LogP contribution in [0.4, 0.5) is 5.69 Å². The number of anilines is 1. The average Bonchev–Trinajstić information content (AvgIpc) is 2.80. The van der Waals surface area contributed by atoms with Crippen molar-refractivity contribution in [1.82, 2.24) is 0 Å². The van der Waals surface area contributed by atoms with E-state index in [4.69, 9.17) is 11.6 Å². The van der Waals surface area contributed by atoms with E-state index >= 15 is 0 Å². The van der Waals surface area contributed by atoms with Crippen LogP contribution in [-0.2, 0) is 5.41 Å². The van der Waals surface area contributed by atoms with E-state index in [1.54, 1.807) is 0 Å². The highest BCUT2D eigenvalue weighted by Crippen LogP contribution is 2.55. The molecule has 2 aliphatic rings. The molecule has 1 saturated carbocycles.